The number of nitrogens with zero attached hydrogens (tertiary/aromatic N) is 3. The van der Waals surface area contributed by atoms with Crippen molar-refractivity contribution in [3.05, 3.63) is 70.7 Å². The van der Waals surface area contributed by atoms with E-state index < -0.39 is 17.6 Å². The Morgan fingerprint density at radius 2 is 1.71 bits per heavy atom. The maximum Gasteiger partial charge on any atom is 0.418 e. The van der Waals surface area contributed by atoms with E-state index in [9.17, 15) is 18.0 Å². The summed E-state index contributed by atoms with van der Waals surface area (Å²) in [6.45, 7) is 5.81. The number of thiazole rings is 1. The van der Waals surface area contributed by atoms with E-state index in [1.165, 1.54) is 23.8 Å². The third-order valence-electron chi connectivity index (χ3n) is 5.89. The van der Waals surface area contributed by atoms with Gasteiger partial charge in [-0.15, -0.1) is 11.3 Å². The number of piperazine rings is 1. The van der Waals surface area contributed by atoms with Crippen LogP contribution in [-0.2, 0) is 23.9 Å². The molecule has 5 nitrogen and oxygen atoms in total. The van der Waals surface area contributed by atoms with Crippen molar-refractivity contribution in [3.63, 3.8) is 0 Å². The van der Waals surface area contributed by atoms with Gasteiger partial charge in [0.2, 0.25) is 5.91 Å². The highest BCUT2D eigenvalue weighted by atomic mass is 32.1. The van der Waals surface area contributed by atoms with Crippen molar-refractivity contribution < 1.29 is 18.0 Å². The van der Waals surface area contributed by atoms with Gasteiger partial charge in [0.25, 0.3) is 0 Å². The highest BCUT2D eigenvalue weighted by Gasteiger charge is 2.33. The normalized spacial score (nSPS) is 15.4. The first-order chi connectivity index (χ1) is 16.3. The van der Waals surface area contributed by atoms with Crippen LogP contribution in [0.4, 0.5) is 18.9 Å². The van der Waals surface area contributed by atoms with Crippen molar-refractivity contribution in [2.24, 2.45) is 0 Å². The van der Waals surface area contributed by atoms with Crippen LogP contribution in [0, 0.1) is 0 Å². The molecule has 1 aliphatic heterocycles. The summed E-state index contributed by atoms with van der Waals surface area (Å²) in [7, 11) is 0. The Hall–Kier alpha value is -2.75. The van der Waals surface area contributed by atoms with Gasteiger partial charge in [0, 0.05) is 43.7 Å². The number of aromatic nitrogens is 1. The Balaban J connectivity index is 1.26. The molecule has 0 radical (unpaired) electrons. The average molecular weight is 489 g/mol. The molecule has 4 rings (SSSR count). The highest BCUT2D eigenvalue weighted by molar-refractivity contribution is 7.13. The maximum atomic E-state index is 13.1. The molecule has 2 heterocycles. The number of rotatable bonds is 7. The van der Waals surface area contributed by atoms with E-state index in [1.807, 2.05) is 4.90 Å². The minimum absolute atomic E-state index is 0.0641. The van der Waals surface area contributed by atoms with Crippen molar-refractivity contribution in [1.82, 2.24) is 14.8 Å². The Morgan fingerprint density at radius 3 is 2.38 bits per heavy atom. The summed E-state index contributed by atoms with van der Waals surface area (Å²) in [5.41, 5.74) is 2.40. The van der Waals surface area contributed by atoms with Gasteiger partial charge in [-0.05, 0) is 24.1 Å². The van der Waals surface area contributed by atoms with Crippen LogP contribution in [0.25, 0.3) is 10.6 Å². The third kappa shape index (κ3) is 6.22. The van der Waals surface area contributed by atoms with Crippen LogP contribution in [0.5, 0.6) is 0 Å². The van der Waals surface area contributed by atoms with Gasteiger partial charge >= 0.3 is 6.18 Å². The zero-order chi connectivity index (χ0) is 24.1. The van der Waals surface area contributed by atoms with E-state index in [1.54, 1.807) is 11.3 Å². The van der Waals surface area contributed by atoms with Crippen LogP contribution in [0.2, 0.25) is 0 Å². The van der Waals surface area contributed by atoms with E-state index >= 15 is 0 Å². The number of amides is 1. The zero-order valence-corrected chi connectivity index (χ0v) is 19.8. The molecule has 1 N–H and O–H groups in total. The zero-order valence-electron chi connectivity index (χ0n) is 18.9. The van der Waals surface area contributed by atoms with Crippen LogP contribution in [-0.4, -0.2) is 53.4 Å². The van der Waals surface area contributed by atoms with Gasteiger partial charge in [-0.25, -0.2) is 4.98 Å². The number of hydrogen-bond acceptors (Lipinski definition) is 5. The van der Waals surface area contributed by atoms with Crippen LogP contribution in [0.1, 0.15) is 23.7 Å². The summed E-state index contributed by atoms with van der Waals surface area (Å²) in [6, 6.07) is 13.5. The number of hydrogen-bond donors (Lipinski definition) is 1. The second-order valence-electron chi connectivity index (χ2n) is 8.34. The Bertz CT molecular complexity index is 1110. The molecule has 0 spiro atoms. The molecule has 180 valence electrons. The number of aryl methyl sites for hydroxylation is 1. The first-order valence-corrected chi connectivity index (χ1v) is 12.1. The fourth-order valence-electron chi connectivity index (χ4n) is 3.96. The number of nitrogens with one attached hydrogen (secondary N) is 1. The van der Waals surface area contributed by atoms with Crippen LogP contribution < -0.4 is 5.32 Å². The van der Waals surface area contributed by atoms with E-state index in [0.29, 0.717) is 13.1 Å². The van der Waals surface area contributed by atoms with Gasteiger partial charge < -0.3 is 5.32 Å². The fourth-order valence-corrected chi connectivity index (χ4v) is 4.78. The molecule has 1 amide bonds. The van der Waals surface area contributed by atoms with Crippen LogP contribution >= 0.6 is 11.3 Å². The minimum atomic E-state index is -4.51. The molecule has 0 saturated carbocycles. The number of para-hydroxylation sites is 1. The topological polar surface area (TPSA) is 48.5 Å². The average Bonchev–Trinajstić information content (AvgIpc) is 3.28. The molecular formula is C25H27F3N4OS. The quantitative estimate of drug-likeness (QED) is 0.500. The molecule has 34 heavy (non-hydrogen) atoms. The molecule has 1 saturated heterocycles. The lowest BCUT2D eigenvalue weighted by atomic mass is 10.1. The molecule has 0 aliphatic carbocycles. The maximum absolute atomic E-state index is 13.1. The Labute approximate surface area is 201 Å². The summed E-state index contributed by atoms with van der Waals surface area (Å²) in [6.07, 6.45) is -3.50. The van der Waals surface area contributed by atoms with Crippen LogP contribution in [0.15, 0.2) is 53.9 Å². The van der Waals surface area contributed by atoms with Crippen molar-refractivity contribution in [2.75, 3.05) is 38.0 Å². The third-order valence-corrected chi connectivity index (χ3v) is 6.83. The molecule has 9 heteroatoms. The second-order valence-corrected chi connectivity index (χ2v) is 9.20. The number of anilines is 1. The summed E-state index contributed by atoms with van der Waals surface area (Å²) in [5, 5.41) is 5.51. The van der Waals surface area contributed by atoms with Crippen molar-refractivity contribution >= 4 is 22.9 Å². The van der Waals surface area contributed by atoms with Crippen molar-refractivity contribution in [1.29, 1.82) is 0 Å². The lowest BCUT2D eigenvalue weighted by Gasteiger charge is -2.33. The fraction of sp³-hybridized carbons (Fsp3) is 0.360. The molecular weight excluding hydrogens is 461 g/mol. The molecule has 1 fully saturated rings. The largest absolute Gasteiger partial charge is 0.418 e. The molecule has 2 aromatic carbocycles. The summed E-state index contributed by atoms with van der Waals surface area (Å²) >= 11 is 1.64. The highest BCUT2D eigenvalue weighted by Crippen LogP contribution is 2.34. The van der Waals surface area contributed by atoms with Gasteiger partial charge in [-0.1, -0.05) is 43.3 Å². The number of benzene rings is 2. The number of alkyl halides is 3. The SMILES string of the molecule is CCc1ccc(-c2nc(CN3CCN(CC(=O)Nc4ccccc4C(F)(F)F)CC3)cs2)cc1. The Kier molecular flexibility index (Phi) is 7.65. The van der Waals surface area contributed by atoms with E-state index in [0.717, 1.165) is 48.4 Å². The minimum Gasteiger partial charge on any atom is -0.324 e. The molecule has 3 aromatic rings. The molecule has 0 unspecified atom stereocenters. The standard InChI is InChI=1S/C25H27F3N4OS/c1-2-18-7-9-19(10-8-18)24-29-20(17-34-24)15-31-11-13-32(14-12-31)16-23(33)30-22-6-4-3-5-21(22)25(26,27)28/h3-10,17H,2,11-16H2,1H3,(H,30,33). The molecule has 1 aromatic heterocycles. The molecule has 1 aliphatic rings. The van der Waals surface area contributed by atoms with E-state index in [4.69, 9.17) is 4.98 Å². The number of halogens is 3. The lowest BCUT2D eigenvalue weighted by Crippen LogP contribution is -2.48. The second kappa shape index (κ2) is 10.7. The summed E-state index contributed by atoms with van der Waals surface area (Å²) < 4.78 is 39.4. The van der Waals surface area contributed by atoms with Gasteiger partial charge in [0.1, 0.15) is 5.01 Å². The lowest BCUT2D eigenvalue weighted by molar-refractivity contribution is -0.137. The smallest absolute Gasteiger partial charge is 0.324 e. The van der Waals surface area contributed by atoms with E-state index in [-0.39, 0.29) is 12.2 Å². The predicted molar refractivity (Wildman–Crippen MR) is 129 cm³/mol. The summed E-state index contributed by atoms with van der Waals surface area (Å²) in [4.78, 5) is 21.4. The first kappa shape index (κ1) is 24.4. The van der Waals surface area contributed by atoms with Gasteiger partial charge in [0.15, 0.2) is 0 Å². The van der Waals surface area contributed by atoms with Gasteiger partial charge in [0.05, 0.1) is 23.5 Å². The molecule has 0 atom stereocenters. The molecule has 0 bridgehead atoms. The monoisotopic (exact) mass is 488 g/mol. The van der Waals surface area contributed by atoms with Crippen molar-refractivity contribution in [3.8, 4) is 10.6 Å². The summed E-state index contributed by atoms with van der Waals surface area (Å²) in [5.74, 6) is -0.441. The van der Waals surface area contributed by atoms with Crippen molar-refractivity contribution in [2.45, 2.75) is 26.1 Å². The van der Waals surface area contributed by atoms with Gasteiger partial charge in [-0.3, -0.25) is 14.6 Å². The Morgan fingerprint density at radius 1 is 1.03 bits per heavy atom. The number of carbonyl (C=O) groups is 1. The predicted octanol–water partition coefficient (Wildman–Crippen LogP) is 5.15. The van der Waals surface area contributed by atoms with Crippen LogP contribution in [0.3, 0.4) is 0 Å². The first-order valence-electron chi connectivity index (χ1n) is 11.3. The van der Waals surface area contributed by atoms with Gasteiger partial charge in [-0.2, -0.15) is 13.2 Å². The number of carbonyl (C=O) groups excluding carboxylic acids is 1. The van der Waals surface area contributed by atoms with E-state index in [2.05, 4.69) is 46.8 Å².